The summed E-state index contributed by atoms with van der Waals surface area (Å²) in [5.74, 6) is 0.512. The van der Waals surface area contributed by atoms with Crippen molar-refractivity contribution < 1.29 is 9.53 Å². The number of likely N-dealkylation sites (N-methyl/N-ethyl adjacent to an activating group) is 1. The van der Waals surface area contributed by atoms with Crippen molar-refractivity contribution in [1.82, 2.24) is 4.90 Å². The Kier molecular flexibility index (Phi) is 4.58. The number of rotatable bonds is 3. The quantitative estimate of drug-likeness (QED) is 0.914. The molecule has 2 N–H and O–H groups in total. The van der Waals surface area contributed by atoms with Crippen molar-refractivity contribution in [1.29, 1.82) is 0 Å². The number of carbonyl (C=O) groups excluding carboxylic acids is 1. The number of nitrogens with two attached hydrogens (primary N) is 1. The first-order valence-electron chi connectivity index (χ1n) is 4.52. The first kappa shape index (κ1) is 12.0. The van der Waals surface area contributed by atoms with E-state index in [0.717, 1.165) is 4.47 Å². The minimum absolute atomic E-state index is 0.404. The van der Waals surface area contributed by atoms with E-state index >= 15 is 0 Å². The summed E-state index contributed by atoms with van der Waals surface area (Å²) in [5.41, 5.74) is 5.33. The molecule has 0 unspecified atom stereocenters. The predicted molar refractivity (Wildman–Crippen MR) is 61.9 cm³/mol. The maximum atomic E-state index is 11.4. The van der Waals surface area contributed by atoms with E-state index in [4.69, 9.17) is 10.5 Å². The molecule has 0 atom stereocenters. The average molecular weight is 273 g/mol. The topological polar surface area (TPSA) is 55.6 Å². The molecule has 0 fully saturated rings. The second-order valence-electron chi connectivity index (χ2n) is 3.04. The lowest BCUT2D eigenvalue weighted by Gasteiger charge is -2.15. The van der Waals surface area contributed by atoms with E-state index < -0.39 is 6.09 Å². The Morgan fingerprint density at radius 1 is 1.60 bits per heavy atom. The second-order valence-corrected chi connectivity index (χ2v) is 3.95. The van der Waals surface area contributed by atoms with Gasteiger partial charge in [-0.1, -0.05) is 22.0 Å². The zero-order valence-corrected chi connectivity index (χ0v) is 10.0. The summed E-state index contributed by atoms with van der Waals surface area (Å²) >= 11 is 3.29. The standard InChI is InChI=1S/C10H13BrN2O2/c1-13(6-5-12)10(14)15-9-4-2-3-8(11)7-9/h2-4,7H,5-6,12H2,1H3. The van der Waals surface area contributed by atoms with Crippen molar-refractivity contribution in [3.63, 3.8) is 0 Å². The minimum Gasteiger partial charge on any atom is -0.410 e. The molecule has 15 heavy (non-hydrogen) atoms. The lowest BCUT2D eigenvalue weighted by atomic mass is 10.3. The number of amides is 1. The minimum atomic E-state index is -0.404. The van der Waals surface area contributed by atoms with Crippen LogP contribution in [0.2, 0.25) is 0 Å². The van der Waals surface area contributed by atoms with Gasteiger partial charge in [-0.25, -0.2) is 4.79 Å². The normalized spacial score (nSPS) is 9.80. The third kappa shape index (κ3) is 3.89. The van der Waals surface area contributed by atoms with Gasteiger partial charge in [-0.2, -0.15) is 0 Å². The number of ether oxygens (including phenoxy) is 1. The van der Waals surface area contributed by atoms with Crippen molar-refractivity contribution in [3.05, 3.63) is 28.7 Å². The largest absolute Gasteiger partial charge is 0.415 e. The molecule has 0 aliphatic carbocycles. The van der Waals surface area contributed by atoms with Gasteiger partial charge in [-0.3, -0.25) is 0 Å². The molecule has 0 aliphatic rings. The summed E-state index contributed by atoms with van der Waals surface area (Å²) < 4.78 is 5.98. The number of benzene rings is 1. The number of carbonyl (C=O) groups is 1. The molecular weight excluding hydrogens is 260 g/mol. The first-order chi connectivity index (χ1) is 7.13. The van der Waals surface area contributed by atoms with Gasteiger partial charge in [0.1, 0.15) is 5.75 Å². The van der Waals surface area contributed by atoms with Crippen LogP contribution in [0.3, 0.4) is 0 Å². The molecule has 1 rings (SSSR count). The fraction of sp³-hybridized carbons (Fsp3) is 0.300. The van der Waals surface area contributed by atoms with Gasteiger partial charge in [0, 0.05) is 24.6 Å². The molecule has 82 valence electrons. The highest BCUT2D eigenvalue weighted by Crippen LogP contribution is 2.18. The van der Waals surface area contributed by atoms with Gasteiger partial charge in [0.15, 0.2) is 0 Å². The fourth-order valence-electron chi connectivity index (χ4n) is 0.994. The van der Waals surface area contributed by atoms with Crippen molar-refractivity contribution in [2.24, 2.45) is 5.73 Å². The Bertz CT molecular complexity index is 344. The number of hydrogen-bond acceptors (Lipinski definition) is 3. The van der Waals surface area contributed by atoms with E-state index in [1.165, 1.54) is 4.90 Å². The summed E-state index contributed by atoms with van der Waals surface area (Å²) in [7, 11) is 1.65. The van der Waals surface area contributed by atoms with Crippen LogP contribution in [0.15, 0.2) is 28.7 Å². The van der Waals surface area contributed by atoms with Gasteiger partial charge in [-0.05, 0) is 18.2 Å². The third-order valence-electron chi connectivity index (χ3n) is 1.78. The van der Waals surface area contributed by atoms with Crippen LogP contribution in [0.25, 0.3) is 0 Å². The summed E-state index contributed by atoms with van der Waals surface area (Å²) in [6.45, 7) is 0.900. The summed E-state index contributed by atoms with van der Waals surface area (Å²) in [4.78, 5) is 12.9. The van der Waals surface area contributed by atoms with Crippen LogP contribution >= 0.6 is 15.9 Å². The smallest absolute Gasteiger partial charge is 0.410 e. The molecule has 5 heteroatoms. The highest BCUT2D eigenvalue weighted by atomic mass is 79.9. The maximum absolute atomic E-state index is 11.4. The summed E-state index contributed by atoms with van der Waals surface area (Å²) in [5, 5.41) is 0. The van der Waals surface area contributed by atoms with E-state index in [1.807, 2.05) is 6.07 Å². The van der Waals surface area contributed by atoms with Crippen molar-refractivity contribution in [2.75, 3.05) is 20.1 Å². The fourth-order valence-corrected chi connectivity index (χ4v) is 1.37. The summed E-state index contributed by atoms with van der Waals surface area (Å²) in [6, 6.07) is 7.11. The molecule has 0 radical (unpaired) electrons. The maximum Gasteiger partial charge on any atom is 0.415 e. The van der Waals surface area contributed by atoms with Gasteiger partial charge in [0.2, 0.25) is 0 Å². The van der Waals surface area contributed by atoms with E-state index in [-0.39, 0.29) is 0 Å². The van der Waals surface area contributed by atoms with Crippen LogP contribution in [0.5, 0.6) is 5.75 Å². The van der Waals surface area contributed by atoms with Crippen molar-refractivity contribution in [2.45, 2.75) is 0 Å². The Morgan fingerprint density at radius 2 is 2.33 bits per heavy atom. The summed E-state index contributed by atoms with van der Waals surface area (Å²) in [6.07, 6.45) is -0.404. The number of halogens is 1. The molecule has 0 spiro atoms. The van der Waals surface area contributed by atoms with Gasteiger partial charge in [0.05, 0.1) is 0 Å². The zero-order chi connectivity index (χ0) is 11.3. The molecule has 0 heterocycles. The van der Waals surface area contributed by atoms with E-state index in [1.54, 1.807) is 25.2 Å². The van der Waals surface area contributed by atoms with Crippen LogP contribution in [0.4, 0.5) is 4.79 Å². The van der Waals surface area contributed by atoms with Crippen LogP contribution in [0, 0.1) is 0 Å². The van der Waals surface area contributed by atoms with E-state index in [2.05, 4.69) is 15.9 Å². The van der Waals surface area contributed by atoms with Crippen LogP contribution in [-0.2, 0) is 0 Å². The Hall–Kier alpha value is -1.07. The molecule has 0 bridgehead atoms. The van der Waals surface area contributed by atoms with Gasteiger partial charge in [0.25, 0.3) is 0 Å². The zero-order valence-electron chi connectivity index (χ0n) is 8.44. The van der Waals surface area contributed by atoms with Crippen molar-refractivity contribution >= 4 is 22.0 Å². The van der Waals surface area contributed by atoms with E-state index in [0.29, 0.717) is 18.8 Å². The number of hydrogen-bond donors (Lipinski definition) is 1. The monoisotopic (exact) mass is 272 g/mol. The van der Waals surface area contributed by atoms with Crippen LogP contribution in [-0.4, -0.2) is 31.1 Å². The Labute approximate surface area is 97.1 Å². The third-order valence-corrected chi connectivity index (χ3v) is 2.27. The molecule has 4 nitrogen and oxygen atoms in total. The van der Waals surface area contributed by atoms with Crippen LogP contribution < -0.4 is 10.5 Å². The van der Waals surface area contributed by atoms with Gasteiger partial charge < -0.3 is 15.4 Å². The average Bonchev–Trinajstić information content (AvgIpc) is 2.18. The molecule has 1 aromatic rings. The SMILES string of the molecule is CN(CCN)C(=O)Oc1cccc(Br)c1. The van der Waals surface area contributed by atoms with Crippen LogP contribution in [0.1, 0.15) is 0 Å². The molecule has 0 saturated carbocycles. The predicted octanol–water partition coefficient (Wildman–Crippen LogP) is 1.84. The lowest BCUT2D eigenvalue weighted by Crippen LogP contribution is -2.33. The van der Waals surface area contributed by atoms with Crippen molar-refractivity contribution in [3.8, 4) is 5.75 Å². The Morgan fingerprint density at radius 3 is 2.93 bits per heavy atom. The molecule has 0 aromatic heterocycles. The Balaban J connectivity index is 2.58. The number of nitrogens with zero attached hydrogens (tertiary/aromatic N) is 1. The molecule has 1 aromatic carbocycles. The molecule has 0 aliphatic heterocycles. The molecule has 0 saturated heterocycles. The highest BCUT2D eigenvalue weighted by Gasteiger charge is 2.09. The molecular formula is C10H13BrN2O2. The molecule has 1 amide bonds. The highest BCUT2D eigenvalue weighted by molar-refractivity contribution is 9.10. The lowest BCUT2D eigenvalue weighted by molar-refractivity contribution is 0.164. The van der Waals surface area contributed by atoms with E-state index in [9.17, 15) is 4.79 Å². The van der Waals surface area contributed by atoms with Gasteiger partial charge >= 0.3 is 6.09 Å². The second kappa shape index (κ2) is 5.72. The first-order valence-corrected chi connectivity index (χ1v) is 5.31. The van der Waals surface area contributed by atoms with Gasteiger partial charge in [-0.15, -0.1) is 0 Å².